The summed E-state index contributed by atoms with van der Waals surface area (Å²) in [5.74, 6) is 0.178. The smallest absolute Gasteiger partial charge is 0.227 e. The molecule has 1 N–H and O–H groups in total. The maximum Gasteiger partial charge on any atom is 0.227 e. The minimum atomic E-state index is -0.313. The van der Waals surface area contributed by atoms with Crippen LogP contribution >= 0.6 is 11.6 Å². The number of anilines is 1. The van der Waals surface area contributed by atoms with E-state index in [1.165, 1.54) is 12.8 Å². The topological polar surface area (TPSA) is 58.6 Å². The fourth-order valence-electron chi connectivity index (χ4n) is 3.38. The van der Waals surface area contributed by atoms with Crippen molar-refractivity contribution in [2.75, 3.05) is 18.6 Å². The number of methoxy groups -OCH3 is 1. The van der Waals surface area contributed by atoms with Gasteiger partial charge in [-0.05, 0) is 31.0 Å². The summed E-state index contributed by atoms with van der Waals surface area (Å²) in [6.07, 6.45) is 4.64. The molecule has 1 aliphatic carbocycles. The highest BCUT2D eigenvalue weighted by Gasteiger charge is 2.37. The number of amides is 2. The predicted molar refractivity (Wildman–Crippen MR) is 88.9 cm³/mol. The van der Waals surface area contributed by atoms with Crippen molar-refractivity contribution in [1.82, 2.24) is 5.32 Å². The summed E-state index contributed by atoms with van der Waals surface area (Å²) in [4.78, 5) is 26.4. The molecule has 0 bridgehead atoms. The van der Waals surface area contributed by atoms with E-state index in [9.17, 15) is 9.59 Å². The fourth-order valence-corrected chi connectivity index (χ4v) is 3.55. The van der Waals surface area contributed by atoms with Crippen LogP contribution in [0, 0.1) is 5.92 Å². The number of halogens is 1. The SMILES string of the molecule is COc1ccc(Cl)cc1N1CC(C(=O)NC2CCCC2)CC1=O. The van der Waals surface area contributed by atoms with E-state index in [0.717, 1.165) is 12.8 Å². The summed E-state index contributed by atoms with van der Waals surface area (Å²) in [6.45, 7) is 0.369. The number of carbonyl (C=O) groups excluding carboxylic acids is 2. The Bertz CT molecular complexity index is 614. The molecule has 1 unspecified atom stereocenters. The molecule has 5 nitrogen and oxygen atoms in total. The number of nitrogens with one attached hydrogen (secondary N) is 1. The monoisotopic (exact) mass is 336 g/mol. The standard InChI is InChI=1S/C17H21ClN2O3/c1-23-15-7-6-12(18)9-14(15)20-10-11(8-16(20)21)17(22)19-13-4-2-3-5-13/h6-7,9,11,13H,2-5,8,10H2,1H3,(H,19,22). The summed E-state index contributed by atoms with van der Waals surface area (Å²) in [5.41, 5.74) is 0.626. The molecule has 1 aliphatic heterocycles. The molecular weight excluding hydrogens is 316 g/mol. The van der Waals surface area contributed by atoms with Gasteiger partial charge >= 0.3 is 0 Å². The highest BCUT2D eigenvalue weighted by Crippen LogP contribution is 2.35. The number of carbonyl (C=O) groups is 2. The molecule has 1 saturated heterocycles. The van der Waals surface area contributed by atoms with E-state index in [4.69, 9.17) is 16.3 Å². The zero-order valence-corrected chi connectivity index (χ0v) is 13.9. The van der Waals surface area contributed by atoms with E-state index in [-0.39, 0.29) is 30.2 Å². The quantitative estimate of drug-likeness (QED) is 0.919. The average molecular weight is 337 g/mol. The Hall–Kier alpha value is -1.75. The first-order valence-corrected chi connectivity index (χ1v) is 8.40. The van der Waals surface area contributed by atoms with Crippen molar-refractivity contribution >= 4 is 29.1 Å². The lowest BCUT2D eigenvalue weighted by Gasteiger charge is -2.20. The molecule has 1 aromatic rings. The van der Waals surface area contributed by atoms with E-state index in [0.29, 0.717) is 23.0 Å². The van der Waals surface area contributed by atoms with Crippen LogP contribution in [0.5, 0.6) is 5.75 Å². The van der Waals surface area contributed by atoms with Crippen molar-refractivity contribution in [3.8, 4) is 5.75 Å². The summed E-state index contributed by atoms with van der Waals surface area (Å²) >= 11 is 6.04. The van der Waals surface area contributed by atoms with Gasteiger partial charge in [-0.25, -0.2) is 0 Å². The van der Waals surface area contributed by atoms with Crippen molar-refractivity contribution in [3.63, 3.8) is 0 Å². The van der Waals surface area contributed by atoms with Crippen LogP contribution in [-0.4, -0.2) is 31.5 Å². The van der Waals surface area contributed by atoms with Crippen molar-refractivity contribution in [2.45, 2.75) is 38.1 Å². The van der Waals surface area contributed by atoms with Crippen LogP contribution in [0.25, 0.3) is 0 Å². The molecule has 0 aromatic heterocycles. The lowest BCUT2D eigenvalue weighted by atomic mass is 10.1. The molecular formula is C17H21ClN2O3. The molecule has 1 saturated carbocycles. The lowest BCUT2D eigenvalue weighted by Crippen LogP contribution is -2.38. The summed E-state index contributed by atoms with van der Waals surface area (Å²) in [6, 6.07) is 5.42. The summed E-state index contributed by atoms with van der Waals surface area (Å²) < 4.78 is 5.31. The Labute approximate surface area is 140 Å². The molecule has 1 aromatic carbocycles. The van der Waals surface area contributed by atoms with Gasteiger partial charge in [0.1, 0.15) is 5.75 Å². The third kappa shape index (κ3) is 3.44. The Morgan fingerprint density at radius 1 is 1.35 bits per heavy atom. The zero-order valence-electron chi connectivity index (χ0n) is 13.2. The molecule has 1 atom stereocenters. The molecule has 0 radical (unpaired) electrons. The van der Waals surface area contributed by atoms with Crippen molar-refractivity contribution in [1.29, 1.82) is 0 Å². The van der Waals surface area contributed by atoms with Crippen LogP contribution < -0.4 is 15.0 Å². The Morgan fingerprint density at radius 2 is 2.09 bits per heavy atom. The van der Waals surface area contributed by atoms with Gasteiger partial charge in [0.2, 0.25) is 11.8 Å². The number of ether oxygens (including phenoxy) is 1. The number of hydrogen-bond acceptors (Lipinski definition) is 3. The normalized spacial score (nSPS) is 21.7. The largest absolute Gasteiger partial charge is 0.495 e. The second-order valence-corrected chi connectivity index (χ2v) is 6.65. The minimum Gasteiger partial charge on any atom is -0.495 e. The Kier molecular flexibility index (Phi) is 4.76. The maximum absolute atomic E-state index is 12.4. The highest BCUT2D eigenvalue weighted by atomic mass is 35.5. The highest BCUT2D eigenvalue weighted by molar-refractivity contribution is 6.31. The first-order chi connectivity index (χ1) is 11.1. The van der Waals surface area contributed by atoms with Gasteiger partial charge in [0, 0.05) is 24.0 Å². The fraction of sp³-hybridized carbons (Fsp3) is 0.529. The van der Waals surface area contributed by atoms with Crippen LogP contribution in [0.1, 0.15) is 32.1 Å². The van der Waals surface area contributed by atoms with Crippen LogP contribution in [0.4, 0.5) is 5.69 Å². The van der Waals surface area contributed by atoms with Crippen molar-refractivity contribution in [2.24, 2.45) is 5.92 Å². The first kappa shape index (κ1) is 16.1. The van der Waals surface area contributed by atoms with Crippen LogP contribution in [0.15, 0.2) is 18.2 Å². The van der Waals surface area contributed by atoms with E-state index in [1.807, 2.05) is 0 Å². The molecule has 2 aliphatic rings. The molecule has 0 spiro atoms. The van der Waals surface area contributed by atoms with Gasteiger partial charge in [0.15, 0.2) is 0 Å². The summed E-state index contributed by atoms with van der Waals surface area (Å²) in [5, 5.41) is 3.61. The number of benzene rings is 1. The molecule has 6 heteroatoms. The van der Waals surface area contributed by atoms with Crippen LogP contribution in [0.2, 0.25) is 5.02 Å². The summed E-state index contributed by atoms with van der Waals surface area (Å²) in [7, 11) is 1.55. The molecule has 2 fully saturated rings. The Morgan fingerprint density at radius 3 is 2.78 bits per heavy atom. The average Bonchev–Trinajstić information content (AvgIpc) is 3.16. The van der Waals surface area contributed by atoms with E-state index >= 15 is 0 Å². The van der Waals surface area contributed by atoms with Crippen molar-refractivity contribution in [3.05, 3.63) is 23.2 Å². The first-order valence-electron chi connectivity index (χ1n) is 8.02. The van der Waals surface area contributed by atoms with Crippen molar-refractivity contribution < 1.29 is 14.3 Å². The second-order valence-electron chi connectivity index (χ2n) is 6.21. The predicted octanol–water partition coefficient (Wildman–Crippen LogP) is 2.76. The molecule has 124 valence electrons. The number of rotatable bonds is 4. The minimum absolute atomic E-state index is 0.0197. The molecule has 2 amide bonds. The van der Waals surface area contributed by atoms with E-state index in [1.54, 1.807) is 30.2 Å². The van der Waals surface area contributed by atoms with Crippen LogP contribution in [0.3, 0.4) is 0 Å². The number of hydrogen-bond donors (Lipinski definition) is 1. The maximum atomic E-state index is 12.4. The van der Waals surface area contributed by atoms with Crippen LogP contribution in [-0.2, 0) is 9.59 Å². The van der Waals surface area contributed by atoms with Gasteiger partial charge < -0.3 is 15.0 Å². The van der Waals surface area contributed by atoms with Gasteiger partial charge in [-0.2, -0.15) is 0 Å². The molecule has 1 heterocycles. The third-order valence-corrected chi connectivity index (χ3v) is 4.86. The molecule has 23 heavy (non-hydrogen) atoms. The van der Waals surface area contributed by atoms with Gasteiger partial charge in [-0.3, -0.25) is 9.59 Å². The second kappa shape index (κ2) is 6.79. The lowest BCUT2D eigenvalue weighted by molar-refractivity contribution is -0.126. The van der Waals surface area contributed by atoms with Gasteiger partial charge in [0.25, 0.3) is 0 Å². The van der Waals surface area contributed by atoms with Gasteiger partial charge in [0.05, 0.1) is 18.7 Å². The molecule has 3 rings (SSSR count). The third-order valence-electron chi connectivity index (χ3n) is 4.63. The van der Waals surface area contributed by atoms with E-state index < -0.39 is 0 Å². The number of nitrogens with zero attached hydrogens (tertiary/aromatic N) is 1. The van der Waals surface area contributed by atoms with E-state index in [2.05, 4.69) is 5.32 Å². The Balaban J connectivity index is 1.72. The van der Waals surface area contributed by atoms with Gasteiger partial charge in [-0.1, -0.05) is 24.4 Å². The van der Waals surface area contributed by atoms with Gasteiger partial charge in [-0.15, -0.1) is 0 Å². The zero-order chi connectivity index (χ0) is 16.4.